The van der Waals surface area contributed by atoms with E-state index in [0.717, 1.165) is 18.7 Å². The van der Waals surface area contributed by atoms with E-state index in [-0.39, 0.29) is 42.9 Å². The first-order valence-corrected chi connectivity index (χ1v) is 11.7. The molecule has 1 unspecified atom stereocenters. The van der Waals surface area contributed by atoms with Crippen molar-refractivity contribution in [1.82, 2.24) is 9.80 Å². The predicted octanol–water partition coefficient (Wildman–Crippen LogP) is 2.88. The van der Waals surface area contributed by atoms with Crippen molar-refractivity contribution in [3.8, 4) is 5.75 Å². The van der Waals surface area contributed by atoms with Gasteiger partial charge < -0.3 is 14.4 Å². The van der Waals surface area contributed by atoms with Gasteiger partial charge in [-0.05, 0) is 30.2 Å². The van der Waals surface area contributed by atoms with Crippen molar-refractivity contribution in [3.63, 3.8) is 0 Å². The number of halogens is 1. The third-order valence-corrected chi connectivity index (χ3v) is 6.78. The molecule has 8 heteroatoms. The highest BCUT2D eigenvalue weighted by atomic mass is 19.1. The number of ether oxygens (including phenoxy) is 2. The van der Waals surface area contributed by atoms with E-state index >= 15 is 0 Å². The summed E-state index contributed by atoms with van der Waals surface area (Å²) in [6.07, 6.45) is 0.567. The molecule has 2 aromatic rings. The molecule has 2 heterocycles. The summed E-state index contributed by atoms with van der Waals surface area (Å²) in [6, 6.07) is 9.83. The topological polar surface area (TPSA) is 76.2 Å². The monoisotopic (exact) mass is 466 g/mol. The summed E-state index contributed by atoms with van der Waals surface area (Å²) in [6.45, 7) is 3.90. The molecule has 0 N–H and O–H groups in total. The van der Waals surface area contributed by atoms with Crippen LogP contribution in [0.2, 0.25) is 0 Å². The van der Waals surface area contributed by atoms with Crippen molar-refractivity contribution in [2.24, 2.45) is 0 Å². The minimum atomic E-state index is -0.571. The minimum Gasteiger partial charge on any atom is -0.489 e. The summed E-state index contributed by atoms with van der Waals surface area (Å²) < 4.78 is 26.0. The smallest absolute Gasteiger partial charge is 0.255 e. The second-order valence-corrected chi connectivity index (χ2v) is 9.05. The van der Waals surface area contributed by atoms with Crippen molar-refractivity contribution in [1.29, 1.82) is 0 Å². The van der Waals surface area contributed by atoms with Gasteiger partial charge in [0.05, 0.1) is 32.2 Å². The Balaban J connectivity index is 1.26. The summed E-state index contributed by atoms with van der Waals surface area (Å²) in [7, 11) is 0. The largest absolute Gasteiger partial charge is 0.489 e. The van der Waals surface area contributed by atoms with Crippen molar-refractivity contribution in [2.75, 3.05) is 26.3 Å². The number of morpholine rings is 1. The van der Waals surface area contributed by atoms with E-state index in [1.807, 2.05) is 6.07 Å². The molecule has 2 aliphatic heterocycles. The number of carbonyl (C=O) groups is 3. The second-order valence-electron chi connectivity index (χ2n) is 9.05. The molecule has 1 saturated heterocycles. The van der Waals surface area contributed by atoms with E-state index in [0.29, 0.717) is 55.0 Å². The van der Waals surface area contributed by atoms with Crippen LogP contribution < -0.4 is 4.74 Å². The van der Waals surface area contributed by atoms with Crippen LogP contribution in [0.25, 0.3) is 0 Å². The lowest BCUT2D eigenvalue weighted by Gasteiger charge is -2.29. The molecule has 1 aliphatic carbocycles. The number of hydrogen-bond donors (Lipinski definition) is 0. The zero-order valence-corrected chi connectivity index (χ0v) is 18.9. The van der Waals surface area contributed by atoms with Crippen LogP contribution in [-0.4, -0.2) is 59.6 Å². The molecule has 34 heavy (non-hydrogen) atoms. The molecule has 1 atom stereocenters. The van der Waals surface area contributed by atoms with Crippen LogP contribution in [-0.2, 0) is 34.0 Å². The molecule has 0 radical (unpaired) electrons. The van der Waals surface area contributed by atoms with Gasteiger partial charge in [0.25, 0.3) is 5.91 Å². The Bertz CT molecular complexity index is 1130. The number of fused-ring (bicyclic) bond motifs is 1. The van der Waals surface area contributed by atoms with Gasteiger partial charge in [0.15, 0.2) is 5.78 Å². The van der Waals surface area contributed by atoms with Gasteiger partial charge in [-0.3, -0.25) is 19.3 Å². The van der Waals surface area contributed by atoms with Crippen molar-refractivity contribution < 1.29 is 28.2 Å². The van der Waals surface area contributed by atoms with Gasteiger partial charge >= 0.3 is 0 Å². The maximum Gasteiger partial charge on any atom is 0.255 e. The van der Waals surface area contributed by atoms with Gasteiger partial charge in [-0.25, -0.2) is 4.39 Å². The number of amides is 1. The Morgan fingerprint density at radius 3 is 2.68 bits per heavy atom. The van der Waals surface area contributed by atoms with Crippen LogP contribution in [0.15, 0.2) is 36.4 Å². The van der Waals surface area contributed by atoms with E-state index in [1.165, 1.54) is 6.07 Å². The summed E-state index contributed by atoms with van der Waals surface area (Å²) in [5, 5.41) is 0. The van der Waals surface area contributed by atoms with Gasteiger partial charge in [-0.2, -0.15) is 0 Å². The predicted molar refractivity (Wildman–Crippen MR) is 121 cm³/mol. The third kappa shape index (κ3) is 4.60. The number of ketones is 2. The molecule has 3 aliphatic rings. The minimum absolute atomic E-state index is 0.0716. The molecule has 2 fully saturated rings. The maximum absolute atomic E-state index is 14.7. The molecular weight excluding hydrogens is 439 g/mol. The van der Waals surface area contributed by atoms with E-state index in [9.17, 15) is 18.8 Å². The molecule has 1 amide bonds. The fraction of sp³-hybridized carbons (Fsp3) is 0.423. The molecule has 0 aromatic heterocycles. The van der Waals surface area contributed by atoms with Crippen LogP contribution >= 0.6 is 0 Å². The highest BCUT2D eigenvalue weighted by Gasteiger charge is 2.40. The SMILES string of the molecule is O=C1CCC(N2Cc3c(OCc4ccc(CN5CCOCC5)c(F)c4)cccc3C2=O)C(=O)C1. The van der Waals surface area contributed by atoms with Gasteiger partial charge in [0, 0.05) is 42.7 Å². The Morgan fingerprint density at radius 2 is 1.91 bits per heavy atom. The van der Waals surface area contributed by atoms with Gasteiger partial charge in [-0.15, -0.1) is 0 Å². The first-order valence-electron chi connectivity index (χ1n) is 11.7. The Labute approximate surface area is 197 Å². The van der Waals surface area contributed by atoms with Crippen molar-refractivity contribution in [2.45, 2.75) is 45.0 Å². The standard InChI is InChI=1S/C26H27FN2O5/c27-22-12-17(4-5-18(22)14-28-8-10-33-11-9-28)16-34-25-3-1-2-20-21(25)15-29(26(20)32)23-7-6-19(30)13-24(23)31/h1-5,12,23H,6-11,13-16H2. The third-order valence-electron chi connectivity index (χ3n) is 6.78. The maximum atomic E-state index is 14.7. The Kier molecular flexibility index (Phi) is 6.43. The molecule has 178 valence electrons. The number of nitrogens with zero attached hydrogens (tertiary/aromatic N) is 2. The molecular formula is C26H27FN2O5. The van der Waals surface area contributed by atoms with Crippen LogP contribution in [0.4, 0.5) is 4.39 Å². The van der Waals surface area contributed by atoms with Gasteiger partial charge in [0.2, 0.25) is 0 Å². The summed E-state index contributed by atoms with van der Waals surface area (Å²) >= 11 is 0. The lowest BCUT2D eigenvalue weighted by molar-refractivity contribution is -0.133. The zero-order chi connectivity index (χ0) is 23.7. The van der Waals surface area contributed by atoms with E-state index in [2.05, 4.69) is 4.90 Å². The average molecular weight is 467 g/mol. The van der Waals surface area contributed by atoms with Crippen molar-refractivity contribution >= 4 is 17.5 Å². The highest BCUT2D eigenvalue weighted by molar-refractivity contribution is 6.07. The normalized spacial score (nSPS) is 21.1. The summed E-state index contributed by atoms with van der Waals surface area (Å²) in [4.78, 5) is 40.6. The van der Waals surface area contributed by atoms with Gasteiger partial charge in [-0.1, -0.05) is 18.2 Å². The first kappa shape index (κ1) is 22.7. The lowest BCUT2D eigenvalue weighted by atomic mass is 9.92. The fourth-order valence-electron chi connectivity index (χ4n) is 4.87. The Morgan fingerprint density at radius 1 is 1.09 bits per heavy atom. The number of hydrogen-bond acceptors (Lipinski definition) is 6. The number of rotatable bonds is 6. The number of Topliss-reactive ketones (excluding diaryl/α,β-unsaturated/α-hetero) is 2. The molecule has 0 spiro atoms. The molecule has 1 saturated carbocycles. The first-order chi connectivity index (χ1) is 16.5. The van der Waals surface area contributed by atoms with E-state index < -0.39 is 6.04 Å². The van der Waals surface area contributed by atoms with Crippen molar-refractivity contribution in [3.05, 3.63) is 64.5 Å². The second kappa shape index (κ2) is 9.64. The fourth-order valence-corrected chi connectivity index (χ4v) is 4.87. The van der Waals surface area contributed by atoms with Crippen LogP contribution in [0.5, 0.6) is 5.75 Å². The summed E-state index contributed by atoms with van der Waals surface area (Å²) in [5.74, 6) is -0.208. The number of carbonyl (C=O) groups excluding carboxylic acids is 3. The van der Waals surface area contributed by atoms with Crippen LogP contribution in [0.3, 0.4) is 0 Å². The Hall–Kier alpha value is -3.10. The molecule has 7 nitrogen and oxygen atoms in total. The highest BCUT2D eigenvalue weighted by Crippen LogP contribution is 2.34. The number of benzene rings is 2. The molecule has 5 rings (SSSR count). The average Bonchev–Trinajstić information content (AvgIpc) is 3.17. The van der Waals surface area contributed by atoms with E-state index in [4.69, 9.17) is 9.47 Å². The summed E-state index contributed by atoms with van der Waals surface area (Å²) in [5.41, 5.74) is 2.57. The quantitative estimate of drug-likeness (QED) is 0.610. The molecule has 0 bridgehead atoms. The zero-order valence-electron chi connectivity index (χ0n) is 18.9. The molecule has 2 aromatic carbocycles. The van der Waals surface area contributed by atoms with Crippen LogP contribution in [0, 0.1) is 5.82 Å². The van der Waals surface area contributed by atoms with Crippen LogP contribution in [0.1, 0.15) is 46.3 Å². The van der Waals surface area contributed by atoms with E-state index in [1.54, 1.807) is 29.2 Å². The van der Waals surface area contributed by atoms with Gasteiger partial charge in [0.1, 0.15) is 24.0 Å². The lowest BCUT2D eigenvalue weighted by Crippen LogP contribution is -2.44.